The number of hydrogen-bond acceptors (Lipinski definition) is 4. The van der Waals surface area contributed by atoms with E-state index in [1.165, 1.54) is 22.8 Å². The SMILES string of the molecule is CCCc1nc2sc(-c3ccccc3)cc2c(=O)n1C(C)C(=O)O. The van der Waals surface area contributed by atoms with Crippen molar-refractivity contribution in [3.05, 3.63) is 52.6 Å². The molecule has 0 aliphatic heterocycles. The zero-order valence-corrected chi connectivity index (χ0v) is 14.3. The highest BCUT2D eigenvalue weighted by atomic mass is 32.1. The summed E-state index contributed by atoms with van der Waals surface area (Å²) in [5.74, 6) is -0.500. The van der Waals surface area contributed by atoms with Gasteiger partial charge in [-0.05, 0) is 25.0 Å². The van der Waals surface area contributed by atoms with Gasteiger partial charge in [0.05, 0.1) is 5.39 Å². The molecule has 0 bridgehead atoms. The van der Waals surface area contributed by atoms with Crippen molar-refractivity contribution in [2.45, 2.75) is 32.7 Å². The summed E-state index contributed by atoms with van der Waals surface area (Å²) in [6, 6.07) is 10.7. The third kappa shape index (κ3) is 2.85. The first-order chi connectivity index (χ1) is 11.5. The molecule has 5 nitrogen and oxygen atoms in total. The third-order valence-corrected chi connectivity index (χ3v) is 5.02. The molecule has 24 heavy (non-hydrogen) atoms. The lowest BCUT2D eigenvalue weighted by Gasteiger charge is -2.15. The lowest BCUT2D eigenvalue weighted by molar-refractivity contribution is -0.140. The lowest BCUT2D eigenvalue weighted by Crippen LogP contribution is -2.31. The molecule has 2 heterocycles. The highest BCUT2D eigenvalue weighted by molar-refractivity contribution is 7.21. The fourth-order valence-electron chi connectivity index (χ4n) is 2.69. The summed E-state index contributed by atoms with van der Waals surface area (Å²) in [6.07, 6.45) is 1.36. The maximum Gasteiger partial charge on any atom is 0.326 e. The van der Waals surface area contributed by atoms with Crippen LogP contribution in [0.15, 0.2) is 41.2 Å². The number of rotatable bonds is 5. The zero-order chi connectivity index (χ0) is 17.3. The van der Waals surface area contributed by atoms with E-state index in [2.05, 4.69) is 4.98 Å². The third-order valence-electron chi connectivity index (χ3n) is 3.95. The van der Waals surface area contributed by atoms with Crippen LogP contribution < -0.4 is 5.56 Å². The molecule has 0 aliphatic carbocycles. The van der Waals surface area contributed by atoms with Crippen molar-refractivity contribution in [1.29, 1.82) is 0 Å². The van der Waals surface area contributed by atoms with E-state index < -0.39 is 12.0 Å². The predicted molar refractivity (Wildman–Crippen MR) is 95.7 cm³/mol. The molecule has 0 radical (unpaired) electrons. The summed E-state index contributed by atoms with van der Waals surface area (Å²) in [5, 5.41) is 9.80. The number of carboxylic acids is 1. The summed E-state index contributed by atoms with van der Waals surface area (Å²) in [6.45, 7) is 3.50. The Balaban J connectivity index is 2.25. The van der Waals surface area contributed by atoms with Gasteiger partial charge in [0.25, 0.3) is 5.56 Å². The van der Waals surface area contributed by atoms with Crippen molar-refractivity contribution >= 4 is 27.5 Å². The molecule has 0 saturated heterocycles. The Kier molecular flexibility index (Phi) is 4.49. The Hall–Kier alpha value is -2.47. The standard InChI is InChI=1S/C18H18N2O3S/c1-3-7-15-19-16-13(17(21)20(15)11(2)18(22)23)10-14(24-16)12-8-5-4-6-9-12/h4-6,8-11H,3,7H2,1-2H3,(H,22,23). The summed E-state index contributed by atoms with van der Waals surface area (Å²) < 4.78 is 1.32. The number of hydrogen-bond donors (Lipinski definition) is 1. The molecule has 0 spiro atoms. The van der Waals surface area contributed by atoms with Crippen molar-refractivity contribution in [1.82, 2.24) is 9.55 Å². The van der Waals surface area contributed by atoms with Gasteiger partial charge in [-0.2, -0.15) is 0 Å². The molecular weight excluding hydrogens is 324 g/mol. The highest BCUT2D eigenvalue weighted by Crippen LogP contribution is 2.31. The molecule has 0 fully saturated rings. The second-order valence-electron chi connectivity index (χ2n) is 5.66. The molecule has 1 aromatic carbocycles. The van der Waals surface area contributed by atoms with Crippen LogP contribution in [0.25, 0.3) is 20.7 Å². The van der Waals surface area contributed by atoms with E-state index in [1.54, 1.807) is 0 Å². The monoisotopic (exact) mass is 342 g/mol. The minimum absolute atomic E-state index is 0.281. The fraction of sp³-hybridized carbons (Fsp3) is 0.278. The lowest BCUT2D eigenvalue weighted by atomic mass is 10.2. The zero-order valence-electron chi connectivity index (χ0n) is 13.5. The van der Waals surface area contributed by atoms with E-state index in [0.29, 0.717) is 22.5 Å². The van der Waals surface area contributed by atoms with Gasteiger partial charge >= 0.3 is 5.97 Å². The summed E-state index contributed by atoms with van der Waals surface area (Å²) in [5.41, 5.74) is 0.742. The molecular formula is C18H18N2O3S. The summed E-state index contributed by atoms with van der Waals surface area (Å²) in [7, 11) is 0. The number of benzene rings is 1. The number of carboxylic acid groups (broad SMARTS) is 1. The first-order valence-corrected chi connectivity index (χ1v) is 8.67. The second-order valence-corrected chi connectivity index (χ2v) is 6.69. The Morgan fingerprint density at radius 1 is 1.33 bits per heavy atom. The van der Waals surface area contributed by atoms with Gasteiger partial charge in [-0.15, -0.1) is 11.3 Å². The van der Waals surface area contributed by atoms with Gasteiger partial charge in [-0.25, -0.2) is 9.78 Å². The van der Waals surface area contributed by atoms with Gasteiger partial charge in [0.15, 0.2) is 0 Å². The van der Waals surface area contributed by atoms with Crippen molar-refractivity contribution in [2.75, 3.05) is 0 Å². The number of aliphatic carboxylic acids is 1. The first-order valence-electron chi connectivity index (χ1n) is 7.86. The molecule has 1 unspecified atom stereocenters. The Labute approximate surface area is 143 Å². The Morgan fingerprint density at radius 2 is 2.04 bits per heavy atom. The van der Waals surface area contributed by atoms with Crippen LogP contribution in [0.3, 0.4) is 0 Å². The fourth-order valence-corrected chi connectivity index (χ4v) is 3.74. The van der Waals surface area contributed by atoms with Crippen molar-refractivity contribution in [2.24, 2.45) is 0 Å². The first kappa shape index (κ1) is 16.4. The molecule has 0 saturated carbocycles. The number of thiophene rings is 1. The smallest absolute Gasteiger partial charge is 0.326 e. The van der Waals surface area contributed by atoms with Gasteiger partial charge in [0.2, 0.25) is 0 Å². The van der Waals surface area contributed by atoms with Gasteiger partial charge < -0.3 is 5.11 Å². The van der Waals surface area contributed by atoms with E-state index in [4.69, 9.17) is 0 Å². The van der Waals surface area contributed by atoms with Gasteiger partial charge in [0, 0.05) is 11.3 Å². The maximum atomic E-state index is 12.9. The molecule has 0 amide bonds. The van der Waals surface area contributed by atoms with Gasteiger partial charge in [-0.3, -0.25) is 9.36 Å². The van der Waals surface area contributed by atoms with Gasteiger partial charge in [0.1, 0.15) is 16.7 Å². The largest absolute Gasteiger partial charge is 0.480 e. The van der Waals surface area contributed by atoms with Crippen LogP contribution in [0.1, 0.15) is 32.1 Å². The average Bonchev–Trinajstić information content (AvgIpc) is 3.00. The number of nitrogens with zero attached hydrogens (tertiary/aromatic N) is 2. The van der Waals surface area contributed by atoms with Crippen molar-refractivity contribution < 1.29 is 9.90 Å². The van der Waals surface area contributed by atoms with Crippen LogP contribution in [0.4, 0.5) is 0 Å². The molecule has 124 valence electrons. The number of aryl methyl sites for hydroxylation is 1. The molecule has 1 atom stereocenters. The molecule has 6 heteroatoms. The van der Waals surface area contributed by atoms with Crippen LogP contribution in [-0.2, 0) is 11.2 Å². The molecule has 3 aromatic rings. The van der Waals surface area contributed by atoms with Crippen molar-refractivity contribution in [3.8, 4) is 10.4 Å². The minimum atomic E-state index is -1.03. The van der Waals surface area contributed by atoms with E-state index >= 15 is 0 Å². The van der Waals surface area contributed by atoms with Crippen molar-refractivity contribution in [3.63, 3.8) is 0 Å². The normalized spacial score (nSPS) is 12.4. The number of carbonyl (C=O) groups is 1. The Bertz CT molecular complexity index is 944. The quantitative estimate of drug-likeness (QED) is 0.767. The van der Waals surface area contributed by atoms with Crippen LogP contribution >= 0.6 is 11.3 Å². The number of aromatic nitrogens is 2. The van der Waals surface area contributed by atoms with E-state index in [1.807, 2.05) is 43.3 Å². The van der Waals surface area contributed by atoms with E-state index in [-0.39, 0.29) is 5.56 Å². The van der Waals surface area contributed by atoms with E-state index in [9.17, 15) is 14.7 Å². The van der Waals surface area contributed by atoms with E-state index in [0.717, 1.165) is 16.9 Å². The Morgan fingerprint density at radius 3 is 2.67 bits per heavy atom. The average molecular weight is 342 g/mol. The molecule has 0 aliphatic rings. The summed E-state index contributed by atoms with van der Waals surface area (Å²) >= 11 is 1.46. The molecule has 3 rings (SSSR count). The maximum absolute atomic E-state index is 12.9. The molecule has 1 N–H and O–H groups in total. The topological polar surface area (TPSA) is 72.2 Å². The van der Waals surface area contributed by atoms with Crippen LogP contribution in [0.5, 0.6) is 0 Å². The van der Waals surface area contributed by atoms with Crippen LogP contribution in [0, 0.1) is 0 Å². The van der Waals surface area contributed by atoms with Crippen LogP contribution in [0.2, 0.25) is 0 Å². The molecule has 2 aromatic heterocycles. The summed E-state index contributed by atoms with van der Waals surface area (Å²) in [4.78, 5) is 30.5. The highest BCUT2D eigenvalue weighted by Gasteiger charge is 2.22. The second kappa shape index (κ2) is 6.57. The van der Waals surface area contributed by atoms with Crippen LogP contribution in [-0.4, -0.2) is 20.6 Å². The predicted octanol–water partition coefficient (Wildman–Crippen LogP) is 3.72. The number of fused-ring (bicyclic) bond motifs is 1. The minimum Gasteiger partial charge on any atom is -0.480 e. The van der Waals surface area contributed by atoms with Gasteiger partial charge in [-0.1, -0.05) is 37.3 Å².